The molecule has 2 aromatic rings. The van der Waals surface area contributed by atoms with Gasteiger partial charge in [0.15, 0.2) is 0 Å². The quantitative estimate of drug-likeness (QED) is 0.501. The van der Waals surface area contributed by atoms with Gasteiger partial charge in [-0.15, -0.1) is 0 Å². The molecule has 0 aliphatic rings. The summed E-state index contributed by atoms with van der Waals surface area (Å²) in [5.41, 5.74) is 2.02. The van der Waals surface area contributed by atoms with Crippen LogP contribution in [0.4, 0.5) is 5.69 Å². The van der Waals surface area contributed by atoms with Gasteiger partial charge in [-0.25, -0.2) is 8.42 Å². The van der Waals surface area contributed by atoms with Crippen LogP contribution in [0.1, 0.15) is 38.3 Å². The lowest BCUT2D eigenvalue weighted by Crippen LogP contribution is -2.53. The largest absolute Gasteiger partial charge is 0.352 e. The maximum absolute atomic E-state index is 13.5. The van der Waals surface area contributed by atoms with Crippen LogP contribution in [0.2, 0.25) is 5.02 Å². The van der Waals surface area contributed by atoms with Crippen LogP contribution < -0.4 is 9.62 Å². The molecule has 7 nitrogen and oxygen atoms in total. The molecule has 0 aliphatic heterocycles. The first-order chi connectivity index (χ1) is 15.9. The van der Waals surface area contributed by atoms with Crippen molar-refractivity contribution in [3.8, 4) is 0 Å². The fraction of sp³-hybridized carbons (Fsp3) is 0.440. The van der Waals surface area contributed by atoms with Crippen LogP contribution in [0, 0.1) is 6.92 Å². The van der Waals surface area contributed by atoms with Crippen molar-refractivity contribution in [2.75, 3.05) is 23.7 Å². The average Bonchev–Trinajstić information content (AvgIpc) is 2.77. The van der Waals surface area contributed by atoms with Crippen LogP contribution in [0.3, 0.4) is 0 Å². The highest BCUT2D eigenvalue weighted by Crippen LogP contribution is 2.26. The van der Waals surface area contributed by atoms with Gasteiger partial charge in [-0.3, -0.25) is 13.9 Å². The third-order valence-corrected chi connectivity index (χ3v) is 7.12. The second kappa shape index (κ2) is 12.2. The van der Waals surface area contributed by atoms with Crippen LogP contribution >= 0.6 is 11.6 Å². The zero-order chi connectivity index (χ0) is 25.5. The average molecular weight is 508 g/mol. The van der Waals surface area contributed by atoms with E-state index in [9.17, 15) is 18.0 Å². The molecule has 0 aromatic heterocycles. The number of hydrogen-bond donors (Lipinski definition) is 1. The number of nitrogens with zero attached hydrogens (tertiary/aromatic N) is 2. The lowest BCUT2D eigenvalue weighted by Gasteiger charge is -2.32. The van der Waals surface area contributed by atoms with E-state index in [-0.39, 0.29) is 18.5 Å². The van der Waals surface area contributed by atoms with Gasteiger partial charge in [0.25, 0.3) is 0 Å². The molecule has 9 heteroatoms. The Balaban J connectivity index is 2.34. The molecule has 2 rings (SSSR count). The van der Waals surface area contributed by atoms with Crippen molar-refractivity contribution in [3.63, 3.8) is 0 Å². The van der Waals surface area contributed by atoms with Gasteiger partial charge in [0.05, 0.1) is 11.9 Å². The molecule has 0 unspecified atom stereocenters. The lowest BCUT2D eigenvalue weighted by molar-refractivity contribution is -0.139. The van der Waals surface area contributed by atoms with Crippen LogP contribution in [0.5, 0.6) is 0 Å². The number of carbonyl (C=O) groups is 2. The number of sulfonamides is 1. The second-order valence-corrected chi connectivity index (χ2v) is 10.9. The first-order valence-corrected chi connectivity index (χ1v) is 13.5. The van der Waals surface area contributed by atoms with Gasteiger partial charge in [0.1, 0.15) is 12.6 Å². The van der Waals surface area contributed by atoms with E-state index in [1.54, 1.807) is 32.0 Å². The first kappa shape index (κ1) is 27.7. The van der Waals surface area contributed by atoms with Gasteiger partial charge in [0.2, 0.25) is 21.8 Å². The minimum absolute atomic E-state index is 0.0368. The Bertz CT molecular complexity index is 1090. The summed E-state index contributed by atoms with van der Waals surface area (Å²) in [6.45, 7) is 7.12. The number of carbonyl (C=O) groups excluding carboxylic acids is 2. The van der Waals surface area contributed by atoms with Gasteiger partial charge in [-0.05, 0) is 62.9 Å². The van der Waals surface area contributed by atoms with E-state index >= 15 is 0 Å². The standard InChI is InChI=1S/C25H34ClN3O4S/c1-6-19(3)27-25(31)20(4)28(15-14-21-10-8-7-9-11-21)24(30)17-29(34(5,32)33)23-13-12-22(26)16-18(23)2/h7-13,16,19-20H,6,14-15,17H2,1-5H3,(H,27,31)/t19-,20+/m1/s1. The molecule has 0 radical (unpaired) electrons. The highest BCUT2D eigenvalue weighted by molar-refractivity contribution is 7.92. The Labute approximate surface area is 208 Å². The number of amides is 2. The molecule has 34 heavy (non-hydrogen) atoms. The zero-order valence-corrected chi connectivity index (χ0v) is 22.0. The summed E-state index contributed by atoms with van der Waals surface area (Å²) in [6, 6.07) is 13.6. The molecule has 1 N–H and O–H groups in total. The zero-order valence-electron chi connectivity index (χ0n) is 20.4. The monoisotopic (exact) mass is 507 g/mol. The van der Waals surface area contributed by atoms with Crippen molar-refractivity contribution < 1.29 is 18.0 Å². The fourth-order valence-electron chi connectivity index (χ4n) is 3.53. The highest BCUT2D eigenvalue weighted by atomic mass is 35.5. The van der Waals surface area contributed by atoms with Crippen molar-refractivity contribution in [3.05, 3.63) is 64.7 Å². The first-order valence-electron chi connectivity index (χ1n) is 11.3. The Morgan fingerprint density at radius 3 is 2.29 bits per heavy atom. The number of hydrogen-bond acceptors (Lipinski definition) is 4. The molecule has 2 amide bonds. The van der Waals surface area contributed by atoms with Crippen molar-refractivity contribution >= 4 is 39.1 Å². The molecular formula is C25H34ClN3O4S. The Kier molecular flexibility index (Phi) is 9.94. The molecule has 186 valence electrons. The fourth-order valence-corrected chi connectivity index (χ4v) is 4.66. The van der Waals surface area contributed by atoms with E-state index in [0.717, 1.165) is 22.5 Å². The van der Waals surface area contributed by atoms with Crippen molar-refractivity contribution in [1.29, 1.82) is 0 Å². The van der Waals surface area contributed by atoms with E-state index in [4.69, 9.17) is 11.6 Å². The van der Waals surface area contributed by atoms with Gasteiger partial charge in [0, 0.05) is 17.6 Å². The molecule has 0 saturated carbocycles. The summed E-state index contributed by atoms with van der Waals surface area (Å²) in [4.78, 5) is 27.8. The Morgan fingerprint density at radius 2 is 1.74 bits per heavy atom. The van der Waals surface area contributed by atoms with Crippen molar-refractivity contribution in [1.82, 2.24) is 10.2 Å². The summed E-state index contributed by atoms with van der Waals surface area (Å²) >= 11 is 6.03. The van der Waals surface area contributed by atoms with E-state index in [2.05, 4.69) is 5.32 Å². The van der Waals surface area contributed by atoms with E-state index in [1.807, 2.05) is 44.2 Å². The molecule has 2 aromatic carbocycles. The van der Waals surface area contributed by atoms with E-state index < -0.39 is 28.5 Å². The van der Waals surface area contributed by atoms with Crippen LogP contribution in [-0.4, -0.2) is 56.6 Å². The molecule has 0 saturated heterocycles. The molecule has 0 heterocycles. The molecular weight excluding hydrogens is 474 g/mol. The van der Waals surface area contributed by atoms with Crippen LogP contribution in [0.25, 0.3) is 0 Å². The third-order valence-electron chi connectivity index (χ3n) is 5.76. The lowest BCUT2D eigenvalue weighted by atomic mass is 10.1. The van der Waals surface area contributed by atoms with Crippen molar-refractivity contribution in [2.24, 2.45) is 0 Å². The Morgan fingerprint density at radius 1 is 1.09 bits per heavy atom. The van der Waals surface area contributed by atoms with Crippen LogP contribution in [-0.2, 0) is 26.0 Å². The number of halogens is 1. The SMILES string of the molecule is CC[C@@H](C)NC(=O)[C@H](C)N(CCc1ccccc1)C(=O)CN(c1ccc(Cl)cc1C)S(C)(=O)=O. The van der Waals surface area contributed by atoms with Crippen molar-refractivity contribution in [2.45, 2.75) is 52.6 Å². The summed E-state index contributed by atoms with van der Waals surface area (Å²) in [6.07, 6.45) is 2.35. The van der Waals surface area contributed by atoms with Gasteiger partial charge < -0.3 is 10.2 Å². The predicted octanol–water partition coefficient (Wildman–Crippen LogP) is 3.79. The maximum atomic E-state index is 13.5. The molecule has 0 spiro atoms. The summed E-state index contributed by atoms with van der Waals surface area (Å²) in [5.74, 6) is -0.730. The normalized spacial score (nSPS) is 13.1. The summed E-state index contributed by atoms with van der Waals surface area (Å²) in [7, 11) is -3.78. The predicted molar refractivity (Wildman–Crippen MR) is 138 cm³/mol. The summed E-state index contributed by atoms with van der Waals surface area (Å²) in [5, 5.41) is 3.39. The third kappa shape index (κ3) is 7.74. The van der Waals surface area contributed by atoms with Gasteiger partial charge in [-0.2, -0.15) is 0 Å². The van der Waals surface area contributed by atoms with E-state index in [0.29, 0.717) is 22.7 Å². The van der Waals surface area contributed by atoms with Crippen LogP contribution in [0.15, 0.2) is 48.5 Å². The number of benzene rings is 2. The second-order valence-electron chi connectivity index (χ2n) is 8.52. The number of anilines is 1. The molecule has 0 fully saturated rings. The Hall–Kier alpha value is -2.58. The van der Waals surface area contributed by atoms with Gasteiger partial charge >= 0.3 is 0 Å². The molecule has 0 aliphatic carbocycles. The number of nitrogens with one attached hydrogen (secondary N) is 1. The number of rotatable bonds is 11. The molecule has 0 bridgehead atoms. The van der Waals surface area contributed by atoms with Gasteiger partial charge in [-0.1, -0.05) is 48.9 Å². The van der Waals surface area contributed by atoms with E-state index in [1.165, 1.54) is 4.90 Å². The molecule has 2 atom stereocenters. The highest BCUT2D eigenvalue weighted by Gasteiger charge is 2.30. The summed E-state index contributed by atoms with van der Waals surface area (Å²) < 4.78 is 26.3. The topological polar surface area (TPSA) is 86.8 Å². The minimum Gasteiger partial charge on any atom is -0.352 e. The minimum atomic E-state index is -3.78. The smallest absolute Gasteiger partial charge is 0.244 e. The maximum Gasteiger partial charge on any atom is 0.244 e. The number of aryl methyl sites for hydroxylation is 1.